The summed E-state index contributed by atoms with van der Waals surface area (Å²) in [6.07, 6.45) is 0.258. The van der Waals surface area contributed by atoms with Gasteiger partial charge in [0.25, 0.3) is 5.91 Å². The Balaban J connectivity index is 1.41. The van der Waals surface area contributed by atoms with Crippen LogP contribution in [-0.4, -0.2) is 67.3 Å². The first kappa shape index (κ1) is 23.9. The molecule has 3 aromatic rings. The van der Waals surface area contributed by atoms with Gasteiger partial charge in [-0.1, -0.05) is 48.5 Å². The Hall–Kier alpha value is -3.84. The molecule has 1 unspecified atom stereocenters. The number of aliphatic carboxylic acids is 1. The highest BCUT2D eigenvalue weighted by Gasteiger charge is 2.29. The van der Waals surface area contributed by atoms with Crippen LogP contribution < -0.4 is 15.0 Å². The van der Waals surface area contributed by atoms with Crippen LogP contribution in [0.3, 0.4) is 0 Å². The van der Waals surface area contributed by atoms with Gasteiger partial charge in [-0.2, -0.15) is 0 Å². The van der Waals surface area contributed by atoms with E-state index in [0.29, 0.717) is 24.3 Å². The SMILES string of the molecule is O=C(O)CCN1CC(Cc2ccccc2)Oc2ccc(-c3ccc(N4CCNCC4)cc3)cc2C1=O. The third-order valence-electron chi connectivity index (χ3n) is 6.80. The van der Waals surface area contributed by atoms with Crippen LogP contribution in [0.25, 0.3) is 11.1 Å². The summed E-state index contributed by atoms with van der Waals surface area (Å²) in [5.41, 5.74) is 4.72. The largest absolute Gasteiger partial charge is 0.487 e. The first-order valence-electron chi connectivity index (χ1n) is 12.5. The molecule has 5 rings (SSSR count). The highest BCUT2D eigenvalue weighted by atomic mass is 16.5. The van der Waals surface area contributed by atoms with Crippen molar-refractivity contribution < 1.29 is 19.4 Å². The lowest BCUT2D eigenvalue weighted by Crippen LogP contribution is -2.43. The van der Waals surface area contributed by atoms with Crippen molar-refractivity contribution in [3.8, 4) is 16.9 Å². The van der Waals surface area contributed by atoms with E-state index in [1.165, 1.54) is 5.69 Å². The number of carboxylic acid groups (broad SMARTS) is 1. The summed E-state index contributed by atoms with van der Waals surface area (Å²) in [6.45, 7) is 4.42. The van der Waals surface area contributed by atoms with Crippen molar-refractivity contribution in [3.63, 3.8) is 0 Å². The van der Waals surface area contributed by atoms with Gasteiger partial charge in [0.05, 0.1) is 18.5 Å². The van der Waals surface area contributed by atoms with Crippen molar-refractivity contribution in [1.82, 2.24) is 10.2 Å². The molecular formula is C29H31N3O4. The zero-order valence-corrected chi connectivity index (χ0v) is 20.2. The van der Waals surface area contributed by atoms with Crippen LogP contribution in [0.15, 0.2) is 72.8 Å². The van der Waals surface area contributed by atoms with E-state index in [4.69, 9.17) is 4.74 Å². The van der Waals surface area contributed by atoms with E-state index >= 15 is 0 Å². The van der Waals surface area contributed by atoms with Crippen LogP contribution in [-0.2, 0) is 11.2 Å². The highest BCUT2D eigenvalue weighted by molar-refractivity contribution is 5.98. The Morgan fingerprint density at radius 2 is 1.69 bits per heavy atom. The smallest absolute Gasteiger partial charge is 0.305 e. The maximum atomic E-state index is 13.5. The van der Waals surface area contributed by atoms with Crippen molar-refractivity contribution in [3.05, 3.63) is 83.9 Å². The molecule has 0 radical (unpaired) electrons. The number of carbonyl (C=O) groups excluding carboxylic acids is 1. The summed E-state index contributed by atoms with van der Waals surface area (Å²) in [6, 6.07) is 24.1. The lowest BCUT2D eigenvalue weighted by atomic mass is 10.0. The van der Waals surface area contributed by atoms with Crippen molar-refractivity contribution in [2.24, 2.45) is 0 Å². The fraction of sp³-hybridized carbons (Fsp3) is 0.310. The monoisotopic (exact) mass is 485 g/mol. The quantitative estimate of drug-likeness (QED) is 0.531. The minimum atomic E-state index is -0.925. The zero-order chi connectivity index (χ0) is 24.9. The number of nitrogens with zero attached hydrogens (tertiary/aromatic N) is 2. The maximum Gasteiger partial charge on any atom is 0.305 e. The van der Waals surface area contributed by atoms with Crippen LogP contribution in [0.1, 0.15) is 22.3 Å². The minimum Gasteiger partial charge on any atom is -0.487 e. The number of ether oxygens (including phenoxy) is 1. The Kier molecular flexibility index (Phi) is 7.18. The molecule has 7 nitrogen and oxygen atoms in total. The second-order valence-electron chi connectivity index (χ2n) is 9.32. The topological polar surface area (TPSA) is 82.1 Å². The van der Waals surface area contributed by atoms with E-state index in [1.807, 2.05) is 48.5 Å². The van der Waals surface area contributed by atoms with Crippen LogP contribution in [0, 0.1) is 0 Å². The van der Waals surface area contributed by atoms with Gasteiger partial charge >= 0.3 is 5.97 Å². The standard InChI is InChI=1S/C29H31N3O4/c33-28(34)12-15-32-20-25(18-21-4-2-1-3-5-21)36-27-11-8-23(19-26(27)29(32)35)22-6-9-24(10-7-22)31-16-13-30-14-17-31/h1-11,19,25,30H,12-18,20H2,(H,33,34). The number of anilines is 1. The van der Waals surface area contributed by atoms with Gasteiger partial charge in [-0.3, -0.25) is 9.59 Å². The molecular weight excluding hydrogens is 454 g/mol. The van der Waals surface area contributed by atoms with E-state index in [9.17, 15) is 14.7 Å². The van der Waals surface area contributed by atoms with Gasteiger partial charge in [-0.05, 0) is 41.0 Å². The first-order chi connectivity index (χ1) is 17.6. The summed E-state index contributed by atoms with van der Waals surface area (Å²) < 4.78 is 6.34. The number of hydrogen-bond donors (Lipinski definition) is 2. The molecule has 36 heavy (non-hydrogen) atoms. The Bertz CT molecular complexity index is 1210. The summed E-state index contributed by atoms with van der Waals surface area (Å²) >= 11 is 0. The molecule has 186 valence electrons. The molecule has 0 aromatic heterocycles. The van der Waals surface area contributed by atoms with Gasteiger partial charge in [0.1, 0.15) is 11.9 Å². The third kappa shape index (κ3) is 5.52. The van der Waals surface area contributed by atoms with E-state index in [-0.39, 0.29) is 25.0 Å². The maximum absolute atomic E-state index is 13.5. The molecule has 7 heteroatoms. The zero-order valence-electron chi connectivity index (χ0n) is 20.2. The fourth-order valence-corrected chi connectivity index (χ4v) is 4.89. The van der Waals surface area contributed by atoms with Crippen molar-refractivity contribution >= 4 is 17.6 Å². The average Bonchev–Trinajstić information content (AvgIpc) is 3.04. The average molecular weight is 486 g/mol. The van der Waals surface area contributed by atoms with Gasteiger partial charge in [0, 0.05) is 44.8 Å². The lowest BCUT2D eigenvalue weighted by Gasteiger charge is -2.29. The molecule has 0 aliphatic carbocycles. The predicted octanol–water partition coefficient (Wildman–Crippen LogP) is 3.68. The summed E-state index contributed by atoms with van der Waals surface area (Å²) in [5.74, 6) is -0.577. The normalized spacial score (nSPS) is 17.8. The molecule has 2 aliphatic heterocycles. The summed E-state index contributed by atoms with van der Waals surface area (Å²) in [7, 11) is 0. The van der Waals surface area contributed by atoms with Gasteiger partial charge in [0.15, 0.2) is 0 Å². The molecule has 3 aromatic carbocycles. The molecule has 1 amide bonds. The molecule has 2 aliphatic rings. The first-order valence-corrected chi connectivity index (χ1v) is 12.5. The Labute approximate surface area is 211 Å². The van der Waals surface area contributed by atoms with Crippen LogP contribution in [0.2, 0.25) is 0 Å². The number of carboxylic acids is 1. The Morgan fingerprint density at radius 1 is 0.972 bits per heavy atom. The number of hydrogen-bond acceptors (Lipinski definition) is 5. The number of carbonyl (C=O) groups is 2. The molecule has 1 fully saturated rings. The van der Waals surface area contributed by atoms with Crippen molar-refractivity contribution in [2.75, 3.05) is 44.2 Å². The molecule has 1 atom stereocenters. The van der Waals surface area contributed by atoms with Gasteiger partial charge in [0.2, 0.25) is 0 Å². The number of fused-ring (bicyclic) bond motifs is 1. The molecule has 1 saturated heterocycles. The fourth-order valence-electron chi connectivity index (χ4n) is 4.89. The number of piperazine rings is 1. The second-order valence-corrected chi connectivity index (χ2v) is 9.32. The Morgan fingerprint density at radius 3 is 2.42 bits per heavy atom. The molecule has 0 spiro atoms. The van der Waals surface area contributed by atoms with E-state index < -0.39 is 5.97 Å². The second kappa shape index (κ2) is 10.8. The van der Waals surface area contributed by atoms with E-state index in [1.54, 1.807) is 4.90 Å². The van der Waals surface area contributed by atoms with Crippen molar-refractivity contribution in [2.45, 2.75) is 18.9 Å². The van der Waals surface area contributed by atoms with Crippen LogP contribution in [0.4, 0.5) is 5.69 Å². The molecule has 2 heterocycles. The summed E-state index contributed by atoms with van der Waals surface area (Å²) in [4.78, 5) is 28.8. The predicted molar refractivity (Wildman–Crippen MR) is 140 cm³/mol. The molecule has 0 bridgehead atoms. The van der Waals surface area contributed by atoms with E-state index in [2.05, 4.69) is 34.5 Å². The summed E-state index contributed by atoms with van der Waals surface area (Å²) in [5, 5.41) is 12.6. The van der Waals surface area contributed by atoms with E-state index in [0.717, 1.165) is 42.9 Å². The number of rotatable bonds is 7. The van der Waals surface area contributed by atoms with Crippen LogP contribution in [0.5, 0.6) is 5.75 Å². The van der Waals surface area contributed by atoms with Gasteiger partial charge in [-0.25, -0.2) is 0 Å². The molecule has 0 saturated carbocycles. The third-order valence-corrected chi connectivity index (χ3v) is 6.80. The van der Waals surface area contributed by atoms with Crippen LogP contribution >= 0.6 is 0 Å². The van der Waals surface area contributed by atoms with Gasteiger partial charge < -0.3 is 25.0 Å². The van der Waals surface area contributed by atoms with Gasteiger partial charge in [-0.15, -0.1) is 0 Å². The minimum absolute atomic E-state index is 0.105. The highest BCUT2D eigenvalue weighted by Crippen LogP contribution is 2.32. The number of amides is 1. The van der Waals surface area contributed by atoms with Crippen molar-refractivity contribution in [1.29, 1.82) is 0 Å². The molecule has 2 N–H and O–H groups in total. The number of nitrogens with one attached hydrogen (secondary N) is 1. The lowest BCUT2D eigenvalue weighted by molar-refractivity contribution is -0.137. The number of benzene rings is 3.